The third kappa shape index (κ3) is 3.52. The molecule has 0 aromatic heterocycles. The second kappa shape index (κ2) is 5.54. The zero-order chi connectivity index (χ0) is 11.3. The Balaban J connectivity index is 2.75. The van der Waals surface area contributed by atoms with Crippen LogP contribution in [-0.4, -0.2) is 19.5 Å². The number of rotatable bonds is 5. The highest BCUT2D eigenvalue weighted by atomic mass is 32.2. The van der Waals surface area contributed by atoms with Crippen LogP contribution < -0.4 is 11.1 Å². The van der Waals surface area contributed by atoms with Crippen LogP contribution in [-0.2, 0) is 5.41 Å². The van der Waals surface area contributed by atoms with Gasteiger partial charge >= 0.3 is 0 Å². The average molecular weight is 224 g/mol. The molecule has 0 unspecified atom stereocenters. The number of nitrogens with two attached hydrogens (primary N) is 1. The molecule has 0 saturated carbocycles. The summed E-state index contributed by atoms with van der Waals surface area (Å²) in [4.78, 5) is 1.31. The van der Waals surface area contributed by atoms with E-state index in [4.69, 9.17) is 5.73 Å². The summed E-state index contributed by atoms with van der Waals surface area (Å²) in [6, 6.07) is 8.74. The van der Waals surface area contributed by atoms with Gasteiger partial charge in [0.15, 0.2) is 0 Å². The standard InChI is InChI=1S/C12H20N2S/c1-12(2,8-14-9-13)10-4-6-11(15-3)7-5-10/h4-7,14H,8-9,13H2,1-3H3. The second-order valence-corrected chi connectivity index (χ2v) is 5.12. The zero-order valence-electron chi connectivity index (χ0n) is 9.71. The van der Waals surface area contributed by atoms with Gasteiger partial charge in [-0.3, -0.25) is 0 Å². The van der Waals surface area contributed by atoms with Gasteiger partial charge in [-0.05, 0) is 24.0 Å². The highest BCUT2D eigenvalue weighted by Crippen LogP contribution is 2.24. The molecule has 84 valence electrons. The molecule has 2 nitrogen and oxygen atoms in total. The van der Waals surface area contributed by atoms with Gasteiger partial charge in [-0.15, -0.1) is 11.8 Å². The zero-order valence-corrected chi connectivity index (χ0v) is 10.5. The molecule has 0 bridgehead atoms. The molecule has 15 heavy (non-hydrogen) atoms. The van der Waals surface area contributed by atoms with E-state index >= 15 is 0 Å². The van der Waals surface area contributed by atoms with E-state index < -0.39 is 0 Å². The predicted octanol–water partition coefficient (Wildman–Crippen LogP) is 2.19. The van der Waals surface area contributed by atoms with E-state index in [-0.39, 0.29) is 5.41 Å². The first-order valence-electron chi connectivity index (χ1n) is 5.15. The molecule has 0 aliphatic heterocycles. The Hall–Kier alpha value is -0.510. The van der Waals surface area contributed by atoms with Crippen LogP contribution in [0.4, 0.5) is 0 Å². The van der Waals surface area contributed by atoms with Crippen LogP contribution in [0.5, 0.6) is 0 Å². The molecule has 3 N–H and O–H groups in total. The van der Waals surface area contributed by atoms with E-state index in [9.17, 15) is 0 Å². The third-order valence-corrected chi connectivity index (χ3v) is 3.33. The average Bonchev–Trinajstić information content (AvgIpc) is 2.26. The molecule has 1 aromatic rings. The Morgan fingerprint density at radius 2 is 1.87 bits per heavy atom. The van der Waals surface area contributed by atoms with E-state index in [1.807, 2.05) is 0 Å². The van der Waals surface area contributed by atoms with Crippen LogP contribution in [0.2, 0.25) is 0 Å². The first-order chi connectivity index (χ1) is 7.10. The van der Waals surface area contributed by atoms with Crippen molar-refractivity contribution in [2.45, 2.75) is 24.2 Å². The molecule has 0 atom stereocenters. The molecule has 0 spiro atoms. The maximum absolute atomic E-state index is 5.44. The Morgan fingerprint density at radius 3 is 2.33 bits per heavy atom. The Morgan fingerprint density at radius 1 is 1.27 bits per heavy atom. The summed E-state index contributed by atoms with van der Waals surface area (Å²) in [5.74, 6) is 0. The second-order valence-electron chi connectivity index (χ2n) is 4.24. The molecule has 0 aliphatic rings. The van der Waals surface area contributed by atoms with E-state index in [0.717, 1.165) is 6.54 Å². The lowest BCUT2D eigenvalue weighted by atomic mass is 9.85. The van der Waals surface area contributed by atoms with Crippen molar-refractivity contribution in [2.75, 3.05) is 19.5 Å². The predicted molar refractivity (Wildman–Crippen MR) is 68.3 cm³/mol. The van der Waals surface area contributed by atoms with Crippen molar-refractivity contribution in [2.24, 2.45) is 5.73 Å². The molecule has 0 fully saturated rings. The number of nitrogens with one attached hydrogen (secondary N) is 1. The third-order valence-electron chi connectivity index (χ3n) is 2.58. The molecule has 3 heteroatoms. The van der Waals surface area contributed by atoms with Crippen molar-refractivity contribution >= 4 is 11.8 Å². The van der Waals surface area contributed by atoms with Gasteiger partial charge in [-0.25, -0.2) is 0 Å². The lowest BCUT2D eigenvalue weighted by molar-refractivity contribution is 0.474. The largest absolute Gasteiger partial charge is 0.318 e. The smallest absolute Gasteiger partial charge is 0.0429 e. The van der Waals surface area contributed by atoms with E-state index in [0.29, 0.717) is 6.67 Å². The Kier molecular flexibility index (Phi) is 4.64. The fourth-order valence-corrected chi connectivity index (χ4v) is 1.94. The molecular formula is C12H20N2S. The normalized spacial score (nSPS) is 11.7. The summed E-state index contributed by atoms with van der Waals surface area (Å²) >= 11 is 1.77. The van der Waals surface area contributed by atoms with Crippen molar-refractivity contribution in [3.8, 4) is 0 Å². The van der Waals surface area contributed by atoms with E-state index in [2.05, 4.69) is 49.7 Å². The topological polar surface area (TPSA) is 38.0 Å². The van der Waals surface area contributed by atoms with Crippen LogP contribution in [0.3, 0.4) is 0 Å². The van der Waals surface area contributed by atoms with Gasteiger partial charge in [-0.2, -0.15) is 0 Å². The quantitative estimate of drug-likeness (QED) is 0.595. The van der Waals surface area contributed by atoms with Gasteiger partial charge in [0.05, 0.1) is 0 Å². The lowest BCUT2D eigenvalue weighted by Crippen LogP contribution is -2.35. The van der Waals surface area contributed by atoms with Crippen LogP contribution in [0.1, 0.15) is 19.4 Å². The van der Waals surface area contributed by atoms with E-state index in [1.165, 1.54) is 10.5 Å². The van der Waals surface area contributed by atoms with Gasteiger partial charge in [0.2, 0.25) is 0 Å². The summed E-state index contributed by atoms with van der Waals surface area (Å²) in [5, 5.41) is 3.19. The summed E-state index contributed by atoms with van der Waals surface area (Å²) < 4.78 is 0. The molecule has 0 saturated heterocycles. The van der Waals surface area contributed by atoms with Crippen LogP contribution in [0.15, 0.2) is 29.2 Å². The van der Waals surface area contributed by atoms with Crippen LogP contribution >= 0.6 is 11.8 Å². The molecule has 1 rings (SSSR count). The first-order valence-corrected chi connectivity index (χ1v) is 6.38. The number of hydrogen-bond acceptors (Lipinski definition) is 3. The van der Waals surface area contributed by atoms with Crippen molar-refractivity contribution in [1.82, 2.24) is 5.32 Å². The van der Waals surface area contributed by atoms with Gasteiger partial charge in [0, 0.05) is 23.5 Å². The van der Waals surface area contributed by atoms with Crippen LogP contribution in [0, 0.1) is 0 Å². The fourth-order valence-electron chi connectivity index (χ4n) is 1.53. The minimum absolute atomic E-state index is 0.135. The minimum atomic E-state index is 0.135. The molecule has 0 amide bonds. The van der Waals surface area contributed by atoms with Gasteiger partial charge in [0.1, 0.15) is 0 Å². The lowest BCUT2D eigenvalue weighted by Gasteiger charge is -2.25. The maximum atomic E-state index is 5.44. The molecule has 0 heterocycles. The van der Waals surface area contributed by atoms with Gasteiger partial charge in [-0.1, -0.05) is 26.0 Å². The summed E-state index contributed by atoms with van der Waals surface area (Å²) in [5.41, 5.74) is 6.93. The number of thioether (sulfide) groups is 1. The molecular weight excluding hydrogens is 204 g/mol. The molecule has 0 aliphatic carbocycles. The van der Waals surface area contributed by atoms with Crippen molar-refractivity contribution in [3.63, 3.8) is 0 Å². The maximum Gasteiger partial charge on any atom is 0.0429 e. The Bertz CT molecular complexity index is 293. The van der Waals surface area contributed by atoms with E-state index in [1.54, 1.807) is 11.8 Å². The van der Waals surface area contributed by atoms with Crippen LogP contribution in [0.25, 0.3) is 0 Å². The minimum Gasteiger partial charge on any atom is -0.318 e. The monoisotopic (exact) mass is 224 g/mol. The van der Waals surface area contributed by atoms with Crippen molar-refractivity contribution in [1.29, 1.82) is 0 Å². The summed E-state index contributed by atoms with van der Waals surface area (Å²) in [6.45, 7) is 5.89. The van der Waals surface area contributed by atoms with Gasteiger partial charge in [0.25, 0.3) is 0 Å². The SMILES string of the molecule is CSc1ccc(C(C)(C)CNCN)cc1. The molecule has 1 aromatic carbocycles. The fraction of sp³-hybridized carbons (Fsp3) is 0.500. The van der Waals surface area contributed by atoms with Crippen molar-refractivity contribution in [3.05, 3.63) is 29.8 Å². The molecule has 0 radical (unpaired) electrons. The first kappa shape index (κ1) is 12.6. The van der Waals surface area contributed by atoms with Gasteiger partial charge < -0.3 is 11.1 Å². The summed E-state index contributed by atoms with van der Waals surface area (Å²) in [7, 11) is 0. The van der Waals surface area contributed by atoms with Crippen molar-refractivity contribution < 1.29 is 0 Å². The number of benzene rings is 1. The highest BCUT2D eigenvalue weighted by Gasteiger charge is 2.19. The highest BCUT2D eigenvalue weighted by molar-refractivity contribution is 7.98. The Labute approximate surface area is 96.6 Å². The summed E-state index contributed by atoms with van der Waals surface area (Å²) in [6.07, 6.45) is 2.09. The number of hydrogen-bond donors (Lipinski definition) is 2.